The van der Waals surface area contributed by atoms with E-state index in [0.717, 1.165) is 25.4 Å². The monoisotopic (exact) mass is 191 g/mol. The highest BCUT2D eigenvalue weighted by atomic mass is 16.6. The van der Waals surface area contributed by atoms with E-state index in [-0.39, 0.29) is 5.60 Å². The fourth-order valence-electron chi connectivity index (χ4n) is 2.17. The van der Waals surface area contributed by atoms with Gasteiger partial charge in [0.05, 0.1) is 6.61 Å². The van der Waals surface area contributed by atoms with Gasteiger partial charge >= 0.3 is 0 Å². The van der Waals surface area contributed by atoms with Crippen LogP contribution in [0.3, 0.4) is 0 Å². The third-order valence-corrected chi connectivity index (χ3v) is 2.91. The smallest absolute Gasteiger partial charge is 0.143 e. The zero-order valence-corrected chi connectivity index (χ0v) is 7.95. The van der Waals surface area contributed by atoms with Gasteiger partial charge in [0, 0.05) is 18.7 Å². The van der Waals surface area contributed by atoms with E-state index in [2.05, 4.69) is 11.4 Å². The number of benzene rings is 1. The summed E-state index contributed by atoms with van der Waals surface area (Å²) < 4.78 is 11.5. The molecule has 2 aliphatic rings. The maximum Gasteiger partial charge on any atom is 0.143 e. The Kier molecular flexibility index (Phi) is 1.75. The van der Waals surface area contributed by atoms with E-state index in [4.69, 9.17) is 9.47 Å². The lowest BCUT2D eigenvalue weighted by Crippen LogP contribution is -2.48. The predicted molar refractivity (Wildman–Crippen MR) is 52.4 cm³/mol. The topological polar surface area (TPSA) is 30.5 Å². The maximum absolute atomic E-state index is 5.87. The minimum absolute atomic E-state index is 0.227. The van der Waals surface area contributed by atoms with Crippen molar-refractivity contribution >= 4 is 0 Å². The molecule has 0 bridgehead atoms. The molecule has 1 spiro atoms. The third kappa shape index (κ3) is 1.06. The Bertz CT molecular complexity index is 339. The number of morpholine rings is 1. The van der Waals surface area contributed by atoms with Crippen LogP contribution in [-0.4, -0.2) is 26.3 Å². The Morgan fingerprint density at radius 1 is 1.29 bits per heavy atom. The normalized spacial score (nSPS) is 30.0. The van der Waals surface area contributed by atoms with Crippen LogP contribution in [0.25, 0.3) is 0 Å². The van der Waals surface area contributed by atoms with E-state index in [1.165, 1.54) is 5.56 Å². The first-order chi connectivity index (χ1) is 6.91. The Morgan fingerprint density at radius 2 is 2.21 bits per heavy atom. The highest BCUT2D eigenvalue weighted by Gasteiger charge is 2.42. The van der Waals surface area contributed by atoms with Gasteiger partial charge in [0.2, 0.25) is 0 Å². The van der Waals surface area contributed by atoms with E-state index in [1.807, 2.05) is 18.2 Å². The summed E-state index contributed by atoms with van der Waals surface area (Å²) in [5, 5.41) is 3.35. The summed E-state index contributed by atoms with van der Waals surface area (Å²) in [6.07, 6.45) is 0. The molecule has 74 valence electrons. The van der Waals surface area contributed by atoms with Crippen molar-refractivity contribution < 1.29 is 9.47 Å². The van der Waals surface area contributed by atoms with E-state index >= 15 is 0 Å². The van der Waals surface area contributed by atoms with Gasteiger partial charge in [0.25, 0.3) is 0 Å². The minimum atomic E-state index is -0.227. The number of ether oxygens (including phenoxy) is 2. The van der Waals surface area contributed by atoms with Crippen LogP contribution in [0.4, 0.5) is 0 Å². The van der Waals surface area contributed by atoms with Crippen molar-refractivity contribution in [2.45, 2.75) is 5.60 Å². The van der Waals surface area contributed by atoms with E-state index in [9.17, 15) is 0 Å². The second-order valence-electron chi connectivity index (χ2n) is 3.80. The number of hydrogen-bond acceptors (Lipinski definition) is 3. The largest absolute Gasteiger partial charge is 0.490 e. The Morgan fingerprint density at radius 3 is 3.07 bits per heavy atom. The Labute approximate surface area is 83.0 Å². The molecular weight excluding hydrogens is 178 g/mol. The van der Waals surface area contributed by atoms with Gasteiger partial charge in [-0.1, -0.05) is 18.2 Å². The van der Waals surface area contributed by atoms with E-state index < -0.39 is 0 Å². The van der Waals surface area contributed by atoms with Gasteiger partial charge in [-0.2, -0.15) is 0 Å². The summed E-state index contributed by atoms with van der Waals surface area (Å²) in [6.45, 7) is 3.19. The molecule has 1 fully saturated rings. The quantitative estimate of drug-likeness (QED) is 0.660. The molecule has 1 saturated heterocycles. The first kappa shape index (κ1) is 8.26. The number of fused-ring (bicyclic) bond motifs is 2. The van der Waals surface area contributed by atoms with Crippen molar-refractivity contribution in [3.05, 3.63) is 29.8 Å². The number of rotatable bonds is 0. The number of hydrogen-bond donors (Lipinski definition) is 1. The summed E-state index contributed by atoms with van der Waals surface area (Å²) >= 11 is 0. The SMILES string of the molecule is c1ccc2c(c1)OCC21CNCCO1. The van der Waals surface area contributed by atoms with Gasteiger partial charge in [-0.3, -0.25) is 0 Å². The summed E-state index contributed by atoms with van der Waals surface area (Å²) in [7, 11) is 0. The zero-order chi connectivity index (χ0) is 9.43. The minimum Gasteiger partial charge on any atom is -0.490 e. The van der Waals surface area contributed by atoms with Gasteiger partial charge < -0.3 is 14.8 Å². The van der Waals surface area contributed by atoms with Gasteiger partial charge in [-0.15, -0.1) is 0 Å². The van der Waals surface area contributed by atoms with Crippen molar-refractivity contribution in [2.75, 3.05) is 26.3 Å². The summed E-state index contributed by atoms with van der Waals surface area (Å²) in [5.74, 6) is 0.969. The summed E-state index contributed by atoms with van der Waals surface area (Å²) in [5.41, 5.74) is 0.960. The molecule has 1 atom stereocenters. The van der Waals surface area contributed by atoms with Crippen LogP contribution in [-0.2, 0) is 10.3 Å². The standard InChI is InChI=1S/C11H13NO2/c1-2-4-10-9(3-1)11(8-13-10)7-12-5-6-14-11/h1-4,12H,5-8H2. The maximum atomic E-state index is 5.87. The molecule has 0 radical (unpaired) electrons. The predicted octanol–water partition coefficient (Wildman–Crippen LogP) is 0.894. The highest BCUT2D eigenvalue weighted by molar-refractivity contribution is 5.42. The molecule has 14 heavy (non-hydrogen) atoms. The average Bonchev–Trinajstić information content (AvgIpc) is 2.60. The van der Waals surface area contributed by atoms with Gasteiger partial charge in [0.1, 0.15) is 18.0 Å². The van der Waals surface area contributed by atoms with Crippen molar-refractivity contribution in [1.29, 1.82) is 0 Å². The molecule has 3 heteroatoms. The van der Waals surface area contributed by atoms with Crippen molar-refractivity contribution in [2.24, 2.45) is 0 Å². The molecule has 2 aliphatic heterocycles. The molecule has 1 unspecified atom stereocenters. The molecule has 1 aromatic rings. The molecule has 0 amide bonds. The molecule has 0 aliphatic carbocycles. The van der Waals surface area contributed by atoms with Crippen LogP contribution in [0, 0.1) is 0 Å². The van der Waals surface area contributed by atoms with Crippen LogP contribution in [0.5, 0.6) is 5.75 Å². The number of nitrogens with one attached hydrogen (secondary N) is 1. The third-order valence-electron chi connectivity index (χ3n) is 2.91. The Hall–Kier alpha value is -1.06. The van der Waals surface area contributed by atoms with Crippen LogP contribution in [0.15, 0.2) is 24.3 Å². The molecular formula is C11H13NO2. The molecule has 1 aromatic carbocycles. The lowest BCUT2D eigenvalue weighted by molar-refractivity contribution is -0.0795. The molecule has 3 nitrogen and oxygen atoms in total. The molecule has 0 aromatic heterocycles. The molecule has 3 rings (SSSR count). The first-order valence-electron chi connectivity index (χ1n) is 4.98. The summed E-state index contributed by atoms with van der Waals surface area (Å²) in [6, 6.07) is 8.12. The van der Waals surface area contributed by atoms with Gasteiger partial charge in [-0.25, -0.2) is 0 Å². The zero-order valence-electron chi connectivity index (χ0n) is 7.95. The van der Waals surface area contributed by atoms with Crippen LogP contribution < -0.4 is 10.1 Å². The first-order valence-corrected chi connectivity index (χ1v) is 4.98. The fourth-order valence-corrected chi connectivity index (χ4v) is 2.17. The second kappa shape index (κ2) is 2.97. The highest BCUT2D eigenvalue weighted by Crippen LogP contribution is 2.39. The Balaban J connectivity index is 2.03. The second-order valence-corrected chi connectivity index (χ2v) is 3.80. The van der Waals surface area contributed by atoms with E-state index in [1.54, 1.807) is 0 Å². The lowest BCUT2D eigenvalue weighted by Gasteiger charge is -2.32. The summed E-state index contributed by atoms with van der Waals surface area (Å²) in [4.78, 5) is 0. The lowest BCUT2D eigenvalue weighted by atomic mass is 9.95. The van der Waals surface area contributed by atoms with Gasteiger partial charge in [0.15, 0.2) is 0 Å². The number of para-hydroxylation sites is 1. The average molecular weight is 191 g/mol. The van der Waals surface area contributed by atoms with Crippen molar-refractivity contribution in [3.63, 3.8) is 0 Å². The van der Waals surface area contributed by atoms with E-state index in [0.29, 0.717) is 6.61 Å². The molecule has 1 N–H and O–H groups in total. The van der Waals surface area contributed by atoms with Crippen LogP contribution in [0.2, 0.25) is 0 Å². The van der Waals surface area contributed by atoms with Crippen molar-refractivity contribution in [1.82, 2.24) is 5.32 Å². The van der Waals surface area contributed by atoms with Crippen LogP contribution in [0.1, 0.15) is 5.56 Å². The van der Waals surface area contributed by atoms with Crippen molar-refractivity contribution in [3.8, 4) is 5.75 Å². The molecule has 0 saturated carbocycles. The van der Waals surface area contributed by atoms with Gasteiger partial charge in [-0.05, 0) is 6.07 Å². The fraction of sp³-hybridized carbons (Fsp3) is 0.455. The molecule has 2 heterocycles. The van der Waals surface area contributed by atoms with Crippen LogP contribution >= 0.6 is 0 Å².